The van der Waals surface area contributed by atoms with Gasteiger partial charge in [-0.25, -0.2) is 14.6 Å². The molecule has 0 spiro atoms. The number of carbonyl (C=O) groups is 2. The first kappa shape index (κ1) is 17.2. The van der Waals surface area contributed by atoms with Crippen molar-refractivity contribution in [3.63, 3.8) is 0 Å². The minimum Gasteiger partial charge on any atom is -0.444 e. The van der Waals surface area contributed by atoms with E-state index in [-0.39, 0.29) is 17.6 Å². The summed E-state index contributed by atoms with van der Waals surface area (Å²) in [6.45, 7) is 6.03. The topological polar surface area (TPSA) is 68.2 Å². The Balaban J connectivity index is 1.79. The Morgan fingerprint density at radius 2 is 2.04 bits per heavy atom. The first-order chi connectivity index (χ1) is 11.8. The molecule has 6 heteroatoms. The van der Waals surface area contributed by atoms with Crippen molar-refractivity contribution in [3.8, 4) is 0 Å². The molecule has 0 bridgehead atoms. The van der Waals surface area contributed by atoms with Gasteiger partial charge in [0.15, 0.2) is 5.70 Å². The van der Waals surface area contributed by atoms with Gasteiger partial charge < -0.3 is 9.47 Å². The molecule has 0 unspecified atom stereocenters. The highest BCUT2D eigenvalue weighted by atomic mass is 16.6. The van der Waals surface area contributed by atoms with Gasteiger partial charge in [0.1, 0.15) is 11.6 Å². The van der Waals surface area contributed by atoms with Crippen molar-refractivity contribution >= 4 is 24.0 Å². The van der Waals surface area contributed by atoms with Gasteiger partial charge in [-0.1, -0.05) is 30.3 Å². The highest BCUT2D eigenvalue weighted by Crippen LogP contribution is 2.26. The van der Waals surface area contributed by atoms with Crippen LogP contribution >= 0.6 is 0 Å². The third kappa shape index (κ3) is 4.07. The van der Waals surface area contributed by atoms with E-state index in [1.54, 1.807) is 11.0 Å². The number of carbonyl (C=O) groups excluding carboxylic acids is 2. The van der Waals surface area contributed by atoms with Gasteiger partial charge >= 0.3 is 12.1 Å². The number of hydrogen-bond acceptors (Lipinski definition) is 5. The SMILES string of the molecule is CC(C)(C)OC(=O)N1CCC[C@@H]1C1=N/C(=C/c2ccccc2)C(=O)O1. The predicted molar refractivity (Wildman–Crippen MR) is 93.9 cm³/mol. The van der Waals surface area contributed by atoms with Gasteiger partial charge in [-0.3, -0.25) is 4.90 Å². The van der Waals surface area contributed by atoms with Crippen LogP contribution in [0.3, 0.4) is 0 Å². The maximum absolute atomic E-state index is 12.4. The van der Waals surface area contributed by atoms with E-state index >= 15 is 0 Å². The number of rotatable bonds is 2. The number of amides is 1. The van der Waals surface area contributed by atoms with Crippen LogP contribution in [-0.4, -0.2) is 41.0 Å². The zero-order valence-electron chi connectivity index (χ0n) is 14.7. The molecule has 6 nitrogen and oxygen atoms in total. The van der Waals surface area contributed by atoms with Crippen LogP contribution in [0.15, 0.2) is 41.0 Å². The molecule has 0 N–H and O–H groups in total. The Bertz CT molecular complexity index is 732. The van der Waals surface area contributed by atoms with Crippen molar-refractivity contribution in [2.24, 2.45) is 4.99 Å². The van der Waals surface area contributed by atoms with E-state index in [9.17, 15) is 9.59 Å². The molecule has 2 aliphatic heterocycles. The Hall–Kier alpha value is -2.63. The molecule has 132 valence electrons. The monoisotopic (exact) mass is 342 g/mol. The maximum Gasteiger partial charge on any atom is 0.410 e. The van der Waals surface area contributed by atoms with Crippen LogP contribution in [0.5, 0.6) is 0 Å². The van der Waals surface area contributed by atoms with E-state index < -0.39 is 17.7 Å². The van der Waals surface area contributed by atoms with Crippen LogP contribution < -0.4 is 0 Å². The van der Waals surface area contributed by atoms with Crippen LogP contribution in [0.4, 0.5) is 4.79 Å². The third-order valence-corrected chi connectivity index (χ3v) is 3.91. The van der Waals surface area contributed by atoms with Crippen molar-refractivity contribution in [1.29, 1.82) is 0 Å². The molecule has 1 amide bonds. The molecule has 3 rings (SSSR count). The molecule has 1 atom stereocenters. The second kappa shape index (κ2) is 6.70. The number of likely N-dealkylation sites (tertiary alicyclic amines) is 1. The number of aliphatic imine (C=N–C) groups is 1. The normalized spacial score (nSPS) is 22.1. The molecule has 1 fully saturated rings. The molecule has 1 saturated heterocycles. The van der Waals surface area contributed by atoms with E-state index in [4.69, 9.17) is 9.47 Å². The molecular formula is C19H22N2O4. The maximum atomic E-state index is 12.4. The molecule has 1 aromatic rings. The smallest absolute Gasteiger partial charge is 0.410 e. The summed E-state index contributed by atoms with van der Waals surface area (Å²) in [4.78, 5) is 30.4. The van der Waals surface area contributed by atoms with E-state index in [0.29, 0.717) is 13.0 Å². The van der Waals surface area contributed by atoms with Gasteiger partial charge in [-0.15, -0.1) is 0 Å². The number of ether oxygens (including phenoxy) is 2. The summed E-state index contributed by atoms with van der Waals surface area (Å²) in [6.07, 6.45) is 2.79. The van der Waals surface area contributed by atoms with Crippen LogP contribution in [-0.2, 0) is 14.3 Å². The lowest BCUT2D eigenvalue weighted by Crippen LogP contribution is -2.43. The van der Waals surface area contributed by atoms with Crippen molar-refractivity contribution < 1.29 is 19.1 Å². The average molecular weight is 342 g/mol. The lowest BCUT2D eigenvalue weighted by atomic mass is 10.2. The molecule has 1 aromatic carbocycles. The fraction of sp³-hybridized carbons (Fsp3) is 0.421. The zero-order valence-corrected chi connectivity index (χ0v) is 14.7. The standard InChI is InChI=1S/C19H22N2O4/c1-19(2,3)25-18(23)21-11-7-10-15(21)16-20-14(17(22)24-16)12-13-8-5-4-6-9-13/h4-6,8-9,12,15H,7,10-11H2,1-3H3/b14-12+/t15-/m1/s1. The van der Waals surface area contributed by atoms with Gasteiger partial charge in [0.25, 0.3) is 0 Å². The van der Waals surface area contributed by atoms with Gasteiger partial charge in [-0.05, 0) is 45.3 Å². The lowest BCUT2D eigenvalue weighted by molar-refractivity contribution is -0.130. The summed E-state index contributed by atoms with van der Waals surface area (Å²) in [7, 11) is 0. The lowest BCUT2D eigenvalue weighted by Gasteiger charge is -2.27. The Labute approximate surface area is 147 Å². The molecule has 0 radical (unpaired) electrons. The quantitative estimate of drug-likeness (QED) is 0.610. The zero-order chi connectivity index (χ0) is 18.0. The van der Waals surface area contributed by atoms with E-state index in [1.807, 2.05) is 51.1 Å². The Morgan fingerprint density at radius 1 is 1.32 bits per heavy atom. The highest BCUT2D eigenvalue weighted by Gasteiger charge is 2.39. The minimum atomic E-state index is -0.573. The molecule has 0 saturated carbocycles. The van der Waals surface area contributed by atoms with Crippen molar-refractivity contribution in [3.05, 3.63) is 41.6 Å². The van der Waals surface area contributed by atoms with Crippen molar-refractivity contribution in [2.75, 3.05) is 6.54 Å². The summed E-state index contributed by atoms with van der Waals surface area (Å²) in [5.41, 5.74) is 0.545. The number of cyclic esters (lactones) is 1. The minimum absolute atomic E-state index is 0.247. The Morgan fingerprint density at radius 3 is 2.72 bits per heavy atom. The Kier molecular flexibility index (Phi) is 4.61. The molecule has 0 aliphatic carbocycles. The largest absolute Gasteiger partial charge is 0.444 e. The summed E-state index contributed by atoms with van der Waals surface area (Å²) >= 11 is 0. The molecular weight excluding hydrogens is 320 g/mol. The van der Waals surface area contributed by atoms with Crippen molar-refractivity contribution in [2.45, 2.75) is 45.3 Å². The average Bonchev–Trinajstić information content (AvgIpc) is 3.14. The van der Waals surface area contributed by atoms with Gasteiger partial charge in [0.05, 0.1) is 0 Å². The first-order valence-electron chi connectivity index (χ1n) is 8.40. The first-order valence-corrected chi connectivity index (χ1v) is 8.40. The predicted octanol–water partition coefficient (Wildman–Crippen LogP) is 3.38. The van der Waals surface area contributed by atoms with Crippen LogP contribution in [0.2, 0.25) is 0 Å². The van der Waals surface area contributed by atoms with Crippen LogP contribution in [0, 0.1) is 0 Å². The molecule has 0 aromatic heterocycles. The number of hydrogen-bond donors (Lipinski definition) is 0. The fourth-order valence-electron chi connectivity index (χ4n) is 2.84. The summed E-state index contributed by atoms with van der Waals surface area (Å²) in [5.74, 6) is -0.217. The van der Waals surface area contributed by atoms with E-state index in [2.05, 4.69) is 4.99 Å². The highest BCUT2D eigenvalue weighted by molar-refractivity contribution is 6.09. The van der Waals surface area contributed by atoms with Crippen molar-refractivity contribution in [1.82, 2.24) is 4.90 Å². The second-order valence-electron chi connectivity index (χ2n) is 7.11. The molecule has 2 aliphatic rings. The summed E-state index contributed by atoms with van der Waals surface area (Å²) < 4.78 is 10.8. The van der Waals surface area contributed by atoms with Crippen LogP contribution in [0.25, 0.3) is 6.08 Å². The van der Waals surface area contributed by atoms with Gasteiger partial charge in [0.2, 0.25) is 5.90 Å². The van der Waals surface area contributed by atoms with Crippen LogP contribution in [0.1, 0.15) is 39.2 Å². The number of esters is 1. The van der Waals surface area contributed by atoms with E-state index in [0.717, 1.165) is 12.0 Å². The summed E-state index contributed by atoms with van der Waals surface area (Å²) in [6, 6.07) is 9.09. The fourth-order valence-corrected chi connectivity index (χ4v) is 2.84. The number of benzene rings is 1. The third-order valence-electron chi connectivity index (χ3n) is 3.91. The molecule has 2 heterocycles. The van der Waals surface area contributed by atoms with Gasteiger partial charge in [0, 0.05) is 6.54 Å². The van der Waals surface area contributed by atoms with E-state index in [1.165, 1.54) is 0 Å². The summed E-state index contributed by atoms with van der Waals surface area (Å²) in [5, 5.41) is 0. The van der Waals surface area contributed by atoms with Gasteiger partial charge in [-0.2, -0.15) is 0 Å². The molecule has 25 heavy (non-hydrogen) atoms. The number of nitrogens with zero attached hydrogens (tertiary/aromatic N) is 2. The second-order valence-corrected chi connectivity index (χ2v) is 7.11.